The van der Waals surface area contributed by atoms with Crippen molar-refractivity contribution < 1.29 is 4.92 Å². The number of aryl methyl sites for hydroxylation is 1. The van der Waals surface area contributed by atoms with Crippen molar-refractivity contribution in [1.29, 1.82) is 0 Å². The molecule has 0 amide bonds. The summed E-state index contributed by atoms with van der Waals surface area (Å²) in [6.07, 6.45) is 3.11. The second kappa shape index (κ2) is 6.27. The van der Waals surface area contributed by atoms with Crippen molar-refractivity contribution >= 4 is 11.4 Å². The molecule has 1 aromatic heterocycles. The van der Waals surface area contributed by atoms with E-state index in [0.717, 1.165) is 16.8 Å². The molecule has 0 aliphatic carbocycles. The molecule has 7 nitrogen and oxygen atoms in total. The fourth-order valence-electron chi connectivity index (χ4n) is 2.25. The van der Waals surface area contributed by atoms with Gasteiger partial charge in [0.1, 0.15) is 18.3 Å². The van der Waals surface area contributed by atoms with Gasteiger partial charge in [-0.2, -0.15) is 5.10 Å². The Labute approximate surface area is 132 Å². The van der Waals surface area contributed by atoms with Crippen LogP contribution in [-0.4, -0.2) is 19.7 Å². The number of nitrogens with zero attached hydrogens (tertiary/aromatic N) is 4. The van der Waals surface area contributed by atoms with E-state index in [1.807, 2.05) is 37.3 Å². The standard InChI is InChI=1S/C16H15N5O2/c1-12-2-7-15(16(8-12)21(22)23)18-9-13-3-5-14(6-4-13)20-11-17-10-19-20/h2-8,10-11,18H,9H2,1H3. The lowest BCUT2D eigenvalue weighted by atomic mass is 10.1. The van der Waals surface area contributed by atoms with Crippen molar-refractivity contribution in [3.63, 3.8) is 0 Å². The van der Waals surface area contributed by atoms with Gasteiger partial charge in [0, 0.05) is 12.6 Å². The van der Waals surface area contributed by atoms with Crippen molar-refractivity contribution in [3.8, 4) is 5.69 Å². The minimum absolute atomic E-state index is 0.0873. The first-order valence-electron chi connectivity index (χ1n) is 7.06. The molecule has 0 unspecified atom stereocenters. The summed E-state index contributed by atoms with van der Waals surface area (Å²) in [6.45, 7) is 2.33. The molecular weight excluding hydrogens is 294 g/mol. The molecule has 0 saturated carbocycles. The van der Waals surface area contributed by atoms with Gasteiger partial charge < -0.3 is 5.32 Å². The Kier molecular flexibility index (Phi) is 4.01. The molecule has 0 aliphatic rings. The second-order valence-electron chi connectivity index (χ2n) is 5.14. The summed E-state index contributed by atoms with van der Waals surface area (Å²) >= 11 is 0. The van der Waals surface area contributed by atoms with Crippen molar-refractivity contribution in [2.24, 2.45) is 0 Å². The summed E-state index contributed by atoms with van der Waals surface area (Å²) in [6, 6.07) is 12.9. The molecule has 0 saturated heterocycles. The third-order valence-electron chi connectivity index (χ3n) is 3.45. The monoisotopic (exact) mass is 309 g/mol. The van der Waals surface area contributed by atoms with Crippen LogP contribution in [0.5, 0.6) is 0 Å². The smallest absolute Gasteiger partial charge is 0.292 e. The number of benzene rings is 2. The van der Waals surface area contributed by atoms with E-state index in [0.29, 0.717) is 12.2 Å². The molecule has 0 fully saturated rings. The van der Waals surface area contributed by atoms with Crippen LogP contribution in [-0.2, 0) is 6.54 Å². The summed E-state index contributed by atoms with van der Waals surface area (Å²) in [5.74, 6) is 0. The van der Waals surface area contributed by atoms with Gasteiger partial charge in [-0.15, -0.1) is 0 Å². The topological polar surface area (TPSA) is 85.9 Å². The van der Waals surface area contributed by atoms with Gasteiger partial charge in [-0.05, 0) is 36.2 Å². The Balaban J connectivity index is 1.73. The Morgan fingerprint density at radius 3 is 2.65 bits per heavy atom. The van der Waals surface area contributed by atoms with Gasteiger partial charge in [0.25, 0.3) is 5.69 Å². The van der Waals surface area contributed by atoms with Crippen LogP contribution in [0.2, 0.25) is 0 Å². The molecule has 1 heterocycles. The number of nitro groups is 1. The van der Waals surface area contributed by atoms with Gasteiger partial charge in [-0.1, -0.05) is 18.2 Å². The molecule has 3 aromatic rings. The lowest BCUT2D eigenvalue weighted by Crippen LogP contribution is -2.03. The van der Waals surface area contributed by atoms with E-state index in [4.69, 9.17) is 0 Å². The zero-order valence-corrected chi connectivity index (χ0v) is 12.5. The highest BCUT2D eigenvalue weighted by Crippen LogP contribution is 2.25. The maximum Gasteiger partial charge on any atom is 0.292 e. The Bertz CT molecular complexity index is 813. The molecule has 1 N–H and O–H groups in total. The number of rotatable bonds is 5. The Morgan fingerprint density at radius 1 is 1.22 bits per heavy atom. The summed E-state index contributed by atoms with van der Waals surface area (Å²) < 4.78 is 1.67. The van der Waals surface area contributed by atoms with Gasteiger partial charge in [0.2, 0.25) is 0 Å². The quantitative estimate of drug-likeness (QED) is 0.578. The minimum Gasteiger partial charge on any atom is -0.375 e. The molecule has 2 aromatic carbocycles. The van der Waals surface area contributed by atoms with E-state index >= 15 is 0 Å². The Hall–Kier alpha value is -3.22. The Morgan fingerprint density at radius 2 is 2.00 bits per heavy atom. The van der Waals surface area contributed by atoms with E-state index in [9.17, 15) is 10.1 Å². The fraction of sp³-hybridized carbons (Fsp3) is 0.125. The summed E-state index contributed by atoms with van der Waals surface area (Å²) in [5, 5.41) is 18.3. The number of hydrogen-bond donors (Lipinski definition) is 1. The third kappa shape index (κ3) is 3.34. The van der Waals surface area contributed by atoms with Crippen LogP contribution >= 0.6 is 0 Å². The first-order chi connectivity index (χ1) is 11.1. The predicted octanol–water partition coefficient (Wildman–Crippen LogP) is 3.10. The van der Waals surface area contributed by atoms with Gasteiger partial charge in [0.15, 0.2) is 0 Å². The van der Waals surface area contributed by atoms with Crippen LogP contribution in [0.15, 0.2) is 55.1 Å². The normalized spacial score (nSPS) is 10.5. The maximum absolute atomic E-state index is 11.1. The molecular formula is C16H15N5O2. The van der Waals surface area contributed by atoms with Crippen LogP contribution in [0.4, 0.5) is 11.4 Å². The SMILES string of the molecule is Cc1ccc(NCc2ccc(-n3cncn3)cc2)c([N+](=O)[O-])c1. The highest BCUT2D eigenvalue weighted by molar-refractivity contribution is 5.62. The molecule has 0 bridgehead atoms. The number of nitro benzene ring substituents is 1. The summed E-state index contributed by atoms with van der Waals surface area (Å²) in [5.41, 5.74) is 3.39. The van der Waals surface area contributed by atoms with Crippen LogP contribution in [0.3, 0.4) is 0 Å². The minimum atomic E-state index is -0.372. The molecule has 0 atom stereocenters. The van der Waals surface area contributed by atoms with E-state index in [-0.39, 0.29) is 10.6 Å². The summed E-state index contributed by atoms with van der Waals surface area (Å²) in [4.78, 5) is 14.6. The fourth-order valence-corrected chi connectivity index (χ4v) is 2.25. The van der Waals surface area contributed by atoms with E-state index in [1.54, 1.807) is 23.1 Å². The number of nitrogens with one attached hydrogen (secondary N) is 1. The van der Waals surface area contributed by atoms with E-state index < -0.39 is 0 Å². The van der Waals surface area contributed by atoms with Crippen molar-refractivity contribution in [1.82, 2.24) is 14.8 Å². The molecule has 116 valence electrons. The van der Waals surface area contributed by atoms with E-state index in [2.05, 4.69) is 15.4 Å². The zero-order chi connectivity index (χ0) is 16.2. The molecule has 0 spiro atoms. The number of hydrogen-bond acceptors (Lipinski definition) is 5. The maximum atomic E-state index is 11.1. The van der Waals surface area contributed by atoms with Gasteiger partial charge >= 0.3 is 0 Å². The first kappa shape index (κ1) is 14.7. The van der Waals surface area contributed by atoms with Crippen molar-refractivity contribution in [3.05, 3.63) is 76.4 Å². The largest absolute Gasteiger partial charge is 0.375 e. The molecule has 0 radical (unpaired) electrons. The summed E-state index contributed by atoms with van der Waals surface area (Å²) in [7, 11) is 0. The number of aromatic nitrogens is 3. The highest BCUT2D eigenvalue weighted by atomic mass is 16.6. The van der Waals surface area contributed by atoms with Crippen LogP contribution in [0.1, 0.15) is 11.1 Å². The average Bonchev–Trinajstić information content (AvgIpc) is 3.08. The van der Waals surface area contributed by atoms with E-state index in [1.165, 1.54) is 6.33 Å². The lowest BCUT2D eigenvalue weighted by Gasteiger charge is -2.08. The van der Waals surface area contributed by atoms with Crippen molar-refractivity contribution in [2.75, 3.05) is 5.32 Å². The first-order valence-corrected chi connectivity index (χ1v) is 7.06. The number of anilines is 1. The molecule has 3 rings (SSSR count). The molecule has 0 aliphatic heterocycles. The van der Waals surface area contributed by atoms with Gasteiger partial charge in [-0.3, -0.25) is 10.1 Å². The lowest BCUT2D eigenvalue weighted by molar-refractivity contribution is -0.384. The van der Waals surface area contributed by atoms with Crippen LogP contribution < -0.4 is 5.32 Å². The second-order valence-corrected chi connectivity index (χ2v) is 5.14. The molecule has 7 heteroatoms. The third-order valence-corrected chi connectivity index (χ3v) is 3.45. The van der Waals surface area contributed by atoms with Crippen molar-refractivity contribution in [2.45, 2.75) is 13.5 Å². The predicted molar refractivity (Wildman–Crippen MR) is 86.5 cm³/mol. The highest BCUT2D eigenvalue weighted by Gasteiger charge is 2.13. The van der Waals surface area contributed by atoms with Gasteiger partial charge in [0.05, 0.1) is 10.6 Å². The van der Waals surface area contributed by atoms with Crippen LogP contribution in [0.25, 0.3) is 5.69 Å². The van der Waals surface area contributed by atoms with Gasteiger partial charge in [-0.25, -0.2) is 9.67 Å². The zero-order valence-electron chi connectivity index (χ0n) is 12.5. The molecule has 23 heavy (non-hydrogen) atoms. The average molecular weight is 309 g/mol. The van der Waals surface area contributed by atoms with Crippen LogP contribution in [0, 0.1) is 17.0 Å².